The zero-order valence-electron chi connectivity index (χ0n) is 18.7. The zero-order valence-corrected chi connectivity index (χ0v) is 19.6. The predicted octanol–water partition coefficient (Wildman–Crippen LogP) is 2.11. The van der Waals surface area contributed by atoms with E-state index in [1.165, 1.54) is 23.5 Å². The summed E-state index contributed by atoms with van der Waals surface area (Å²) in [7, 11) is -0.572. The molecule has 3 rings (SSSR count). The minimum Gasteiger partial charge on any atom is -0.497 e. The average molecular weight is 476 g/mol. The fourth-order valence-electron chi connectivity index (χ4n) is 3.64. The Hall–Kier alpha value is -2.95. The van der Waals surface area contributed by atoms with Gasteiger partial charge in [-0.1, -0.05) is 12.1 Å². The summed E-state index contributed by atoms with van der Waals surface area (Å²) in [6.45, 7) is 1.23. The minimum atomic E-state index is -3.64. The average Bonchev–Trinajstić information content (AvgIpc) is 2.84. The Morgan fingerprint density at radius 1 is 1.03 bits per heavy atom. The lowest BCUT2D eigenvalue weighted by molar-refractivity contribution is -0.120. The number of anilines is 1. The quantitative estimate of drug-likeness (QED) is 0.537. The molecule has 178 valence electrons. The van der Waals surface area contributed by atoms with Gasteiger partial charge < -0.3 is 20.1 Å². The highest BCUT2D eigenvalue weighted by Gasteiger charge is 2.32. The topological polar surface area (TPSA) is 114 Å². The maximum Gasteiger partial charge on any atom is 0.253 e. The molecule has 0 atom stereocenters. The van der Waals surface area contributed by atoms with E-state index in [2.05, 4.69) is 10.6 Å². The lowest BCUT2D eigenvalue weighted by atomic mass is 9.97. The first-order chi connectivity index (χ1) is 15.9. The lowest BCUT2D eigenvalue weighted by Crippen LogP contribution is -2.41. The molecule has 10 heteroatoms. The van der Waals surface area contributed by atoms with Crippen molar-refractivity contribution in [2.75, 3.05) is 45.8 Å². The van der Waals surface area contributed by atoms with E-state index < -0.39 is 10.0 Å². The maximum absolute atomic E-state index is 12.9. The standard InChI is InChI=1S/C23H29N3O6S/c1-31-16-13-24-23(28)20-5-3-4-6-21(20)25-22(27)17-11-14-26(15-12-17)33(29,30)19-9-7-18(32-2)8-10-19/h3-10,17H,11-16H2,1-2H3,(H,24,28)(H,25,27). The molecule has 0 aliphatic carbocycles. The second kappa shape index (κ2) is 11.3. The summed E-state index contributed by atoms with van der Waals surface area (Å²) >= 11 is 0. The normalized spacial score (nSPS) is 15.1. The summed E-state index contributed by atoms with van der Waals surface area (Å²) in [6.07, 6.45) is 0.785. The van der Waals surface area contributed by atoms with Crippen LogP contribution in [-0.2, 0) is 19.6 Å². The van der Waals surface area contributed by atoms with Gasteiger partial charge in [0.25, 0.3) is 5.91 Å². The van der Waals surface area contributed by atoms with Gasteiger partial charge in [0, 0.05) is 32.7 Å². The molecule has 1 aliphatic rings. The van der Waals surface area contributed by atoms with Crippen molar-refractivity contribution in [3.63, 3.8) is 0 Å². The van der Waals surface area contributed by atoms with Crippen molar-refractivity contribution in [3.05, 3.63) is 54.1 Å². The smallest absolute Gasteiger partial charge is 0.253 e. The van der Waals surface area contributed by atoms with Crippen molar-refractivity contribution in [1.82, 2.24) is 9.62 Å². The van der Waals surface area contributed by atoms with E-state index in [9.17, 15) is 18.0 Å². The van der Waals surface area contributed by atoms with Gasteiger partial charge in [-0.3, -0.25) is 9.59 Å². The molecule has 1 saturated heterocycles. The van der Waals surface area contributed by atoms with Crippen LogP contribution in [-0.4, -0.2) is 65.0 Å². The van der Waals surface area contributed by atoms with Crippen molar-refractivity contribution in [2.24, 2.45) is 5.92 Å². The molecule has 0 spiro atoms. The number of methoxy groups -OCH3 is 2. The fraction of sp³-hybridized carbons (Fsp3) is 0.391. The van der Waals surface area contributed by atoms with Gasteiger partial charge in [0.2, 0.25) is 15.9 Å². The molecule has 0 radical (unpaired) electrons. The van der Waals surface area contributed by atoms with Crippen LogP contribution < -0.4 is 15.4 Å². The number of ether oxygens (including phenoxy) is 2. The molecular formula is C23H29N3O6S. The van der Waals surface area contributed by atoms with Crippen molar-refractivity contribution < 1.29 is 27.5 Å². The molecule has 2 aromatic rings. The largest absolute Gasteiger partial charge is 0.497 e. The molecule has 33 heavy (non-hydrogen) atoms. The van der Waals surface area contributed by atoms with E-state index in [4.69, 9.17) is 9.47 Å². The SMILES string of the molecule is COCCNC(=O)c1ccccc1NC(=O)C1CCN(S(=O)(=O)c2ccc(OC)cc2)CC1. The third kappa shape index (κ3) is 6.10. The molecule has 1 heterocycles. The van der Waals surface area contributed by atoms with Gasteiger partial charge in [-0.2, -0.15) is 4.31 Å². The van der Waals surface area contributed by atoms with E-state index in [-0.39, 0.29) is 35.7 Å². The third-order valence-electron chi connectivity index (χ3n) is 5.54. The first kappa shape index (κ1) is 24.7. The third-order valence-corrected chi connectivity index (χ3v) is 7.46. The predicted molar refractivity (Wildman–Crippen MR) is 124 cm³/mol. The highest BCUT2D eigenvalue weighted by Crippen LogP contribution is 2.26. The number of benzene rings is 2. The number of para-hydroxylation sites is 1. The van der Waals surface area contributed by atoms with Crippen LogP contribution in [0.5, 0.6) is 5.75 Å². The molecular weight excluding hydrogens is 446 g/mol. The van der Waals surface area contributed by atoms with Crippen LogP contribution in [0.4, 0.5) is 5.69 Å². The van der Waals surface area contributed by atoms with Crippen molar-refractivity contribution >= 4 is 27.5 Å². The number of amides is 2. The maximum atomic E-state index is 12.9. The van der Waals surface area contributed by atoms with Gasteiger partial charge in [0.05, 0.1) is 29.9 Å². The van der Waals surface area contributed by atoms with Crippen LogP contribution in [0.2, 0.25) is 0 Å². The number of carbonyl (C=O) groups is 2. The van der Waals surface area contributed by atoms with E-state index in [1.807, 2.05) is 0 Å². The Morgan fingerprint density at radius 2 is 1.70 bits per heavy atom. The van der Waals surface area contributed by atoms with Crippen molar-refractivity contribution in [3.8, 4) is 5.75 Å². The first-order valence-corrected chi connectivity index (χ1v) is 12.1. The van der Waals surface area contributed by atoms with E-state index >= 15 is 0 Å². The number of sulfonamides is 1. The Balaban J connectivity index is 1.60. The number of hydrogen-bond acceptors (Lipinski definition) is 6. The van der Waals surface area contributed by atoms with E-state index in [0.717, 1.165) is 0 Å². The van der Waals surface area contributed by atoms with Crippen LogP contribution in [0.1, 0.15) is 23.2 Å². The Kier molecular flexibility index (Phi) is 8.43. The molecule has 2 N–H and O–H groups in total. The molecule has 2 aromatic carbocycles. The molecule has 0 saturated carbocycles. The van der Waals surface area contributed by atoms with E-state index in [1.54, 1.807) is 43.5 Å². The molecule has 1 fully saturated rings. The van der Waals surface area contributed by atoms with Crippen LogP contribution in [0, 0.1) is 5.92 Å². The van der Waals surface area contributed by atoms with Crippen LogP contribution >= 0.6 is 0 Å². The molecule has 0 aromatic heterocycles. The Bertz CT molecular complexity index is 1060. The molecule has 0 bridgehead atoms. The summed E-state index contributed by atoms with van der Waals surface area (Å²) in [6, 6.07) is 13.0. The second-order valence-electron chi connectivity index (χ2n) is 7.64. The number of rotatable bonds is 9. The number of hydrogen-bond donors (Lipinski definition) is 2. The summed E-state index contributed by atoms with van der Waals surface area (Å²) in [4.78, 5) is 25.5. The van der Waals surface area contributed by atoms with Crippen LogP contribution in [0.15, 0.2) is 53.4 Å². The molecule has 9 nitrogen and oxygen atoms in total. The number of nitrogens with zero attached hydrogens (tertiary/aromatic N) is 1. The van der Waals surface area contributed by atoms with Crippen molar-refractivity contribution in [1.29, 1.82) is 0 Å². The fourth-order valence-corrected chi connectivity index (χ4v) is 5.11. The first-order valence-electron chi connectivity index (χ1n) is 10.7. The highest BCUT2D eigenvalue weighted by atomic mass is 32.2. The number of nitrogens with one attached hydrogen (secondary N) is 2. The van der Waals surface area contributed by atoms with Crippen molar-refractivity contribution in [2.45, 2.75) is 17.7 Å². The zero-order chi connectivity index (χ0) is 23.8. The van der Waals surface area contributed by atoms with Gasteiger partial charge in [0.15, 0.2) is 0 Å². The molecule has 2 amide bonds. The van der Waals surface area contributed by atoms with Gasteiger partial charge in [-0.15, -0.1) is 0 Å². The van der Waals surface area contributed by atoms with E-state index in [0.29, 0.717) is 43.0 Å². The summed E-state index contributed by atoms with van der Waals surface area (Å²) in [5, 5.41) is 5.58. The summed E-state index contributed by atoms with van der Waals surface area (Å²) in [5.41, 5.74) is 0.784. The molecule has 1 aliphatic heterocycles. The monoisotopic (exact) mass is 475 g/mol. The number of carbonyl (C=O) groups excluding carboxylic acids is 2. The van der Waals surface area contributed by atoms with Gasteiger partial charge in [-0.25, -0.2) is 8.42 Å². The second-order valence-corrected chi connectivity index (χ2v) is 9.58. The van der Waals surface area contributed by atoms with Gasteiger partial charge >= 0.3 is 0 Å². The minimum absolute atomic E-state index is 0.194. The van der Waals surface area contributed by atoms with Crippen LogP contribution in [0.3, 0.4) is 0 Å². The highest BCUT2D eigenvalue weighted by molar-refractivity contribution is 7.89. The molecule has 0 unspecified atom stereocenters. The summed E-state index contributed by atoms with van der Waals surface area (Å²) < 4.78 is 37.2. The van der Waals surface area contributed by atoms with Gasteiger partial charge in [0.1, 0.15) is 5.75 Å². The Morgan fingerprint density at radius 3 is 2.33 bits per heavy atom. The Labute approximate surface area is 194 Å². The van der Waals surface area contributed by atoms with Crippen LogP contribution in [0.25, 0.3) is 0 Å². The van der Waals surface area contributed by atoms with Gasteiger partial charge in [-0.05, 0) is 49.2 Å². The summed E-state index contributed by atoms with van der Waals surface area (Å²) in [5.74, 6) is -0.300. The number of piperidine rings is 1. The lowest BCUT2D eigenvalue weighted by Gasteiger charge is -2.30.